The molecule has 1 fully saturated rings. The number of hydrogen-bond acceptors (Lipinski definition) is 8. The normalized spacial score (nSPS) is 15.1. The van der Waals surface area contributed by atoms with Gasteiger partial charge in [-0.1, -0.05) is 26.0 Å². The van der Waals surface area contributed by atoms with Crippen molar-refractivity contribution >= 4 is 32.4 Å². The van der Waals surface area contributed by atoms with Crippen molar-refractivity contribution in [3.63, 3.8) is 0 Å². The topological polar surface area (TPSA) is 65.5 Å². The van der Waals surface area contributed by atoms with E-state index < -0.39 is 0 Å². The molecule has 0 bridgehead atoms. The zero-order chi connectivity index (χ0) is 27.5. The van der Waals surface area contributed by atoms with Gasteiger partial charge in [0.25, 0.3) is 0 Å². The first kappa shape index (κ1) is 26.7. The number of fused-ring (bicyclic) bond motifs is 6. The maximum atomic E-state index is 6.41. The van der Waals surface area contributed by atoms with Crippen LogP contribution in [0.4, 0.5) is 0 Å². The fourth-order valence-corrected chi connectivity index (χ4v) is 5.83. The number of aromatic nitrogens is 1. The molecule has 212 valence electrons. The largest absolute Gasteiger partial charge is 0.493 e. The van der Waals surface area contributed by atoms with Crippen LogP contribution in [0.25, 0.3) is 32.4 Å². The van der Waals surface area contributed by atoms with Gasteiger partial charge in [-0.15, -0.1) is 0 Å². The monoisotopic (exact) mass is 545 g/mol. The van der Waals surface area contributed by atoms with E-state index in [1.807, 2.05) is 18.2 Å². The third-order valence-corrected chi connectivity index (χ3v) is 8.14. The lowest BCUT2D eigenvalue weighted by Gasteiger charge is -2.19. The van der Waals surface area contributed by atoms with E-state index in [2.05, 4.69) is 41.8 Å². The summed E-state index contributed by atoms with van der Waals surface area (Å²) in [7, 11) is 1.68. The van der Waals surface area contributed by atoms with E-state index in [9.17, 15) is 0 Å². The maximum absolute atomic E-state index is 6.41. The molecule has 2 aliphatic rings. The lowest BCUT2D eigenvalue weighted by atomic mass is 10.0. The first-order valence-corrected chi connectivity index (χ1v) is 14.6. The molecular formula is C32H39N3O5. The molecule has 0 N–H and O–H groups in total. The third-order valence-electron chi connectivity index (χ3n) is 8.14. The minimum Gasteiger partial charge on any atom is -0.493 e. The maximum Gasteiger partial charge on any atom is 0.231 e. The summed E-state index contributed by atoms with van der Waals surface area (Å²) in [5, 5.41) is 5.03. The van der Waals surface area contributed by atoms with E-state index in [4.69, 9.17) is 28.7 Å². The molecule has 0 radical (unpaired) electrons. The molecule has 0 spiro atoms. The Morgan fingerprint density at radius 2 is 1.62 bits per heavy atom. The second kappa shape index (κ2) is 11.9. The first-order chi connectivity index (χ1) is 19.7. The van der Waals surface area contributed by atoms with Crippen LogP contribution in [0.1, 0.15) is 33.1 Å². The highest BCUT2D eigenvalue weighted by molar-refractivity contribution is 6.17. The average Bonchev–Trinajstić information content (AvgIpc) is 3.67. The highest BCUT2D eigenvalue weighted by atomic mass is 16.7. The Morgan fingerprint density at radius 1 is 0.850 bits per heavy atom. The highest BCUT2D eigenvalue weighted by Gasteiger charge is 2.20. The van der Waals surface area contributed by atoms with Gasteiger partial charge in [0.15, 0.2) is 23.0 Å². The van der Waals surface area contributed by atoms with Crippen LogP contribution in [-0.4, -0.2) is 81.2 Å². The summed E-state index contributed by atoms with van der Waals surface area (Å²) in [5.74, 6) is 3.53. The molecule has 2 aliphatic heterocycles. The van der Waals surface area contributed by atoms with Crippen molar-refractivity contribution in [1.29, 1.82) is 0 Å². The molecular weight excluding hydrogens is 506 g/mol. The SMILES string of the molecule is CCN(CC)CCCOc1cc2c(cc1OC)c(OCCN1CCCC1)nc1c3cc4c(cc3ccc21)OCO4. The lowest BCUT2D eigenvalue weighted by Crippen LogP contribution is -2.25. The molecule has 4 aromatic rings. The van der Waals surface area contributed by atoms with Gasteiger partial charge in [-0.3, -0.25) is 4.90 Å². The van der Waals surface area contributed by atoms with E-state index in [0.717, 1.165) is 95.4 Å². The Kier molecular flexibility index (Phi) is 7.98. The van der Waals surface area contributed by atoms with E-state index in [1.165, 1.54) is 12.8 Å². The summed E-state index contributed by atoms with van der Waals surface area (Å²) in [6, 6.07) is 12.4. The van der Waals surface area contributed by atoms with Gasteiger partial charge in [0.2, 0.25) is 12.7 Å². The Labute approximate surface area is 235 Å². The second-order valence-electron chi connectivity index (χ2n) is 10.5. The smallest absolute Gasteiger partial charge is 0.231 e. The minimum atomic E-state index is 0.236. The fraction of sp³-hybridized carbons (Fsp3) is 0.469. The van der Waals surface area contributed by atoms with E-state index in [1.54, 1.807) is 7.11 Å². The van der Waals surface area contributed by atoms with Crippen LogP contribution in [0, 0.1) is 0 Å². The third kappa shape index (κ3) is 5.30. The first-order valence-electron chi connectivity index (χ1n) is 14.6. The molecule has 3 aromatic carbocycles. The summed E-state index contributed by atoms with van der Waals surface area (Å²) < 4.78 is 29.8. The summed E-state index contributed by atoms with van der Waals surface area (Å²) >= 11 is 0. The van der Waals surface area contributed by atoms with Crippen LogP contribution in [0.5, 0.6) is 28.9 Å². The van der Waals surface area contributed by atoms with Gasteiger partial charge < -0.3 is 28.6 Å². The van der Waals surface area contributed by atoms with Crippen LogP contribution >= 0.6 is 0 Å². The summed E-state index contributed by atoms with van der Waals surface area (Å²) in [6.45, 7) is 12.1. The molecule has 0 aliphatic carbocycles. The van der Waals surface area contributed by atoms with Crippen molar-refractivity contribution in [2.24, 2.45) is 0 Å². The predicted octanol–water partition coefficient (Wildman–Crippen LogP) is 5.86. The fourth-order valence-electron chi connectivity index (χ4n) is 5.83. The Balaban J connectivity index is 1.41. The van der Waals surface area contributed by atoms with Crippen molar-refractivity contribution in [2.45, 2.75) is 33.1 Å². The van der Waals surface area contributed by atoms with Gasteiger partial charge in [0.05, 0.1) is 19.2 Å². The van der Waals surface area contributed by atoms with Crippen LogP contribution in [0.3, 0.4) is 0 Å². The molecule has 8 nitrogen and oxygen atoms in total. The van der Waals surface area contributed by atoms with Crippen LogP contribution in [0.15, 0.2) is 36.4 Å². The molecule has 1 saturated heterocycles. The van der Waals surface area contributed by atoms with Gasteiger partial charge in [0, 0.05) is 34.6 Å². The predicted molar refractivity (Wildman–Crippen MR) is 158 cm³/mol. The van der Waals surface area contributed by atoms with Gasteiger partial charge in [0.1, 0.15) is 6.61 Å². The van der Waals surface area contributed by atoms with Crippen LogP contribution in [0.2, 0.25) is 0 Å². The van der Waals surface area contributed by atoms with E-state index in [0.29, 0.717) is 24.8 Å². The van der Waals surface area contributed by atoms with Crippen molar-refractivity contribution in [3.05, 3.63) is 36.4 Å². The molecule has 8 heteroatoms. The van der Waals surface area contributed by atoms with Crippen LogP contribution < -0.4 is 23.7 Å². The Morgan fingerprint density at radius 3 is 2.40 bits per heavy atom. The van der Waals surface area contributed by atoms with E-state index >= 15 is 0 Å². The van der Waals surface area contributed by atoms with Crippen molar-refractivity contribution < 1.29 is 23.7 Å². The number of hydrogen-bond donors (Lipinski definition) is 0. The molecule has 1 aromatic heterocycles. The van der Waals surface area contributed by atoms with Crippen LogP contribution in [-0.2, 0) is 0 Å². The quantitative estimate of drug-likeness (QED) is 0.162. The van der Waals surface area contributed by atoms with Crippen molar-refractivity contribution in [1.82, 2.24) is 14.8 Å². The number of nitrogens with zero attached hydrogens (tertiary/aromatic N) is 3. The number of rotatable bonds is 12. The highest BCUT2D eigenvalue weighted by Crippen LogP contribution is 2.43. The lowest BCUT2D eigenvalue weighted by molar-refractivity contribution is 0.174. The van der Waals surface area contributed by atoms with Gasteiger partial charge in [-0.25, -0.2) is 4.98 Å². The molecule has 0 amide bonds. The standard InChI is InChI=1S/C32H39N3O5/c1-4-34(5-2)13-8-15-37-29-19-25-23-10-9-22-17-28-30(40-21-39-28)18-24(22)31(23)33-32(26(25)20-27(29)36-3)38-16-14-35-11-6-7-12-35/h9-10,17-20H,4-8,11-16,21H2,1-3H3. The number of methoxy groups -OCH3 is 1. The number of benzene rings is 3. The number of likely N-dealkylation sites (tertiary alicyclic amines) is 1. The summed E-state index contributed by atoms with van der Waals surface area (Å²) in [4.78, 5) is 9.95. The average molecular weight is 546 g/mol. The van der Waals surface area contributed by atoms with Gasteiger partial charge in [-0.05, 0) is 75.1 Å². The summed E-state index contributed by atoms with van der Waals surface area (Å²) in [6.07, 6.45) is 3.46. The zero-order valence-electron chi connectivity index (χ0n) is 23.8. The van der Waals surface area contributed by atoms with Gasteiger partial charge in [-0.2, -0.15) is 0 Å². The number of pyridine rings is 1. The molecule has 3 heterocycles. The molecule has 0 saturated carbocycles. The zero-order valence-corrected chi connectivity index (χ0v) is 23.8. The van der Waals surface area contributed by atoms with Crippen molar-refractivity contribution in [2.75, 3.05) is 66.4 Å². The second-order valence-corrected chi connectivity index (χ2v) is 10.5. The molecule has 0 unspecified atom stereocenters. The molecule has 6 rings (SSSR count). The Bertz CT molecular complexity index is 1500. The van der Waals surface area contributed by atoms with Gasteiger partial charge >= 0.3 is 0 Å². The Hall–Kier alpha value is -3.49. The number of ether oxygens (including phenoxy) is 5. The minimum absolute atomic E-state index is 0.236. The van der Waals surface area contributed by atoms with E-state index in [-0.39, 0.29) is 6.79 Å². The molecule has 0 atom stereocenters. The molecule has 40 heavy (non-hydrogen) atoms. The summed E-state index contributed by atoms with van der Waals surface area (Å²) in [5.41, 5.74) is 0.872. The van der Waals surface area contributed by atoms with Crippen molar-refractivity contribution in [3.8, 4) is 28.9 Å².